The van der Waals surface area contributed by atoms with Crippen LogP contribution in [-0.4, -0.2) is 18.3 Å². The number of ether oxygens (including phenoxy) is 1. The molecule has 0 aromatic carbocycles. The van der Waals surface area contributed by atoms with Gasteiger partial charge in [-0.15, -0.1) is 11.3 Å². The van der Waals surface area contributed by atoms with Gasteiger partial charge in [0.2, 0.25) is 5.83 Å². The maximum Gasteiger partial charge on any atom is 0.449 e. The van der Waals surface area contributed by atoms with Crippen LogP contribution in [-0.2, 0) is 15.2 Å². The van der Waals surface area contributed by atoms with Crippen molar-refractivity contribution < 1.29 is 40.3 Å². The van der Waals surface area contributed by atoms with Crippen molar-refractivity contribution in [2.75, 3.05) is 0 Å². The largest absolute Gasteiger partial charge is 0.449 e. The molecule has 0 aliphatic carbocycles. The quantitative estimate of drug-likeness (QED) is 0.474. The minimum absolute atomic E-state index is 0.0366. The normalized spacial score (nSPS) is 15.6. The molecule has 1 rings (SSSR count). The highest BCUT2D eigenvalue weighted by Gasteiger charge is 2.75. The van der Waals surface area contributed by atoms with Gasteiger partial charge in [-0.1, -0.05) is 12.6 Å². The molecule has 0 aliphatic heterocycles. The predicted molar refractivity (Wildman–Crippen MR) is 54.4 cm³/mol. The van der Waals surface area contributed by atoms with E-state index in [1.807, 2.05) is 0 Å². The molecule has 0 saturated carbocycles. The number of halogens is 7. The lowest BCUT2D eigenvalue weighted by Gasteiger charge is -2.32. The summed E-state index contributed by atoms with van der Waals surface area (Å²) in [5, 5.41) is 0.918. The third-order valence-corrected chi connectivity index (χ3v) is 3.06. The van der Waals surface area contributed by atoms with Crippen LogP contribution in [0.15, 0.2) is 29.9 Å². The molecule has 20 heavy (non-hydrogen) atoms. The van der Waals surface area contributed by atoms with Gasteiger partial charge in [0.1, 0.15) is 0 Å². The van der Waals surface area contributed by atoms with Crippen molar-refractivity contribution in [2.24, 2.45) is 0 Å². The van der Waals surface area contributed by atoms with Gasteiger partial charge in [-0.2, -0.15) is 26.3 Å². The van der Waals surface area contributed by atoms with Gasteiger partial charge >= 0.3 is 23.9 Å². The molecule has 0 aliphatic rings. The second-order valence-electron chi connectivity index (χ2n) is 3.44. The van der Waals surface area contributed by atoms with Crippen LogP contribution in [0, 0.1) is 0 Å². The second kappa shape index (κ2) is 5.08. The van der Waals surface area contributed by atoms with Crippen molar-refractivity contribution in [3.8, 4) is 0 Å². The molecule has 2 nitrogen and oxygen atoms in total. The van der Waals surface area contributed by atoms with Crippen LogP contribution in [0.3, 0.4) is 0 Å². The van der Waals surface area contributed by atoms with Crippen molar-refractivity contribution in [1.29, 1.82) is 0 Å². The van der Waals surface area contributed by atoms with E-state index in [2.05, 4.69) is 11.3 Å². The van der Waals surface area contributed by atoms with E-state index in [9.17, 15) is 35.5 Å². The van der Waals surface area contributed by atoms with Crippen molar-refractivity contribution in [3.63, 3.8) is 0 Å². The van der Waals surface area contributed by atoms with Crippen molar-refractivity contribution in [2.45, 2.75) is 18.0 Å². The summed E-state index contributed by atoms with van der Waals surface area (Å²) in [7, 11) is 0. The van der Waals surface area contributed by atoms with E-state index in [0.717, 1.165) is 11.4 Å². The van der Waals surface area contributed by atoms with Crippen molar-refractivity contribution >= 4 is 17.3 Å². The molecular formula is C10H5F7O2S. The summed E-state index contributed by atoms with van der Waals surface area (Å²) in [5.74, 6) is -4.57. The lowest BCUT2D eigenvalue weighted by atomic mass is 10.0. The Morgan fingerprint density at radius 1 is 1.20 bits per heavy atom. The highest BCUT2D eigenvalue weighted by Crippen LogP contribution is 2.54. The van der Waals surface area contributed by atoms with Crippen molar-refractivity contribution in [1.82, 2.24) is 0 Å². The maximum atomic E-state index is 14.0. The summed E-state index contributed by atoms with van der Waals surface area (Å²) in [4.78, 5) is 9.16. The van der Waals surface area contributed by atoms with Crippen LogP contribution < -0.4 is 0 Å². The van der Waals surface area contributed by atoms with E-state index in [-0.39, 0.29) is 11.3 Å². The Labute approximate surface area is 111 Å². The van der Waals surface area contributed by atoms with Crippen molar-refractivity contribution in [3.05, 3.63) is 34.8 Å². The Bertz CT molecular complexity index is 508. The van der Waals surface area contributed by atoms with Crippen LogP contribution >= 0.6 is 11.3 Å². The van der Waals surface area contributed by atoms with Crippen LogP contribution in [0.5, 0.6) is 0 Å². The zero-order valence-corrected chi connectivity index (χ0v) is 10.1. The Morgan fingerprint density at radius 3 is 2.10 bits per heavy atom. The van der Waals surface area contributed by atoms with E-state index in [1.165, 1.54) is 0 Å². The van der Waals surface area contributed by atoms with E-state index < -0.39 is 34.6 Å². The van der Waals surface area contributed by atoms with Gasteiger partial charge in [0.25, 0.3) is 0 Å². The second-order valence-corrected chi connectivity index (χ2v) is 4.39. The molecule has 1 unspecified atom stereocenters. The SMILES string of the molecule is C=C(F)C(=O)OC(F)(F)C(F)(c1cccs1)C(F)(F)F. The molecule has 1 aromatic heterocycles. The molecule has 1 aromatic rings. The summed E-state index contributed by atoms with van der Waals surface area (Å²) in [6, 6.07) is 1.34. The highest BCUT2D eigenvalue weighted by atomic mass is 32.1. The van der Waals surface area contributed by atoms with Gasteiger partial charge in [0, 0.05) is 0 Å². The first-order valence-corrected chi connectivity index (χ1v) is 5.56. The first kappa shape index (κ1) is 16.5. The number of thiophene rings is 1. The van der Waals surface area contributed by atoms with E-state index in [1.54, 1.807) is 0 Å². The molecule has 1 atom stereocenters. The summed E-state index contributed by atoms with van der Waals surface area (Å²) < 4.78 is 94.0. The Morgan fingerprint density at radius 2 is 1.75 bits per heavy atom. The van der Waals surface area contributed by atoms with E-state index in [0.29, 0.717) is 6.07 Å². The molecule has 0 amide bonds. The number of hydrogen-bond donors (Lipinski definition) is 0. The third kappa shape index (κ3) is 2.65. The molecule has 0 spiro atoms. The Kier molecular flexibility index (Phi) is 4.18. The predicted octanol–water partition coefficient (Wildman–Crippen LogP) is 4.09. The fraction of sp³-hybridized carbons (Fsp3) is 0.300. The van der Waals surface area contributed by atoms with Crippen LogP contribution in [0.2, 0.25) is 0 Å². The Hall–Kier alpha value is -1.58. The standard InChI is InChI=1S/C10H5F7O2S/c1-5(11)7(18)19-10(16,17)8(12,9(13,14)15)6-3-2-4-20-6/h2-4H,1H2. The van der Waals surface area contributed by atoms with E-state index >= 15 is 0 Å². The number of alkyl halides is 6. The molecule has 0 bridgehead atoms. The smallest absolute Gasteiger partial charge is 0.392 e. The maximum absolute atomic E-state index is 14.0. The lowest BCUT2D eigenvalue weighted by molar-refractivity contribution is -0.375. The average molecular weight is 322 g/mol. The third-order valence-electron chi connectivity index (χ3n) is 2.09. The number of hydrogen-bond acceptors (Lipinski definition) is 3. The number of carbonyl (C=O) groups excluding carboxylic acids is 1. The average Bonchev–Trinajstić information content (AvgIpc) is 2.78. The lowest BCUT2D eigenvalue weighted by Crippen LogP contribution is -2.54. The minimum Gasteiger partial charge on any atom is -0.392 e. The molecule has 112 valence electrons. The molecule has 1 heterocycles. The summed E-state index contributed by atoms with van der Waals surface area (Å²) >= 11 is 0.0366. The molecule has 0 N–H and O–H groups in total. The van der Waals surface area contributed by atoms with Gasteiger partial charge in [-0.25, -0.2) is 9.18 Å². The number of esters is 1. The molecule has 10 heteroatoms. The zero-order valence-electron chi connectivity index (χ0n) is 9.31. The van der Waals surface area contributed by atoms with E-state index in [4.69, 9.17) is 0 Å². The fourth-order valence-electron chi connectivity index (χ4n) is 1.16. The summed E-state index contributed by atoms with van der Waals surface area (Å²) in [6.07, 6.45) is -11.8. The monoisotopic (exact) mass is 322 g/mol. The highest BCUT2D eigenvalue weighted by molar-refractivity contribution is 7.10. The van der Waals surface area contributed by atoms with Crippen LogP contribution in [0.4, 0.5) is 30.7 Å². The minimum atomic E-state index is -6.10. The Balaban J connectivity index is 3.32. The van der Waals surface area contributed by atoms with Gasteiger partial charge in [0.05, 0.1) is 4.88 Å². The van der Waals surface area contributed by atoms with Gasteiger partial charge in [-0.3, -0.25) is 0 Å². The first-order valence-electron chi connectivity index (χ1n) is 4.68. The molecule has 0 saturated heterocycles. The molecule has 0 radical (unpaired) electrons. The first-order chi connectivity index (χ1) is 8.93. The number of carbonyl (C=O) groups is 1. The molecule has 0 fully saturated rings. The zero-order chi connectivity index (χ0) is 15.8. The van der Waals surface area contributed by atoms with Gasteiger partial charge in [-0.05, 0) is 11.4 Å². The topological polar surface area (TPSA) is 26.3 Å². The van der Waals surface area contributed by atoms with Crippen LogP contribution in [0.25, 0.3) is 0 Å². The number of rotatable bonds is 4. The summed E-state index contributed by atoms with van der Waals surface area (Å²) in [6.45, 7) is 2.27. The van der Waals surface area contributed by atoms with Crippen LogP contribution in [0.1, 0.15) is 4.88 Å². The fourth-order valence-corrected chi connectivity index (χ4v) is 2.02. The summed E-state index contributed by atoms with van der Waals surface area (Å²) in [5.41, 5.74) is -5.29. The molecular weight excluding hydrogens is 317 g/mol. The van der Waals surface area contributed by atoms with Gasteiger partial charge in [0.15, 0.2) is 0 Å². The van der Waals surface area contributed by atoms with Gasteiger partial charge < -0.3 is 4.74 Å².